The first kappa shape index (κ1) is 17.7. The van der Waals surface area contributed by atoms with Gasteiger partial charge >= 0.3 is 0 Å². The molecule has 1 fully saturated rings. The first-order valence-corrected chi connectivity index (χ1v) is 11.0. The highest BCUT2D eigenvalue weighted by Gasteiger charge is 2.34. The van der Waals surface area contributed by atoms with Gasteiger partial charge in [0.1, 0.15) is 5.03 Å². The quantitative estimate of drug-likeness (QED) is 0.639. The monoisotopic (exact) mass is 385 g/mol. The minimum absolute atomic E-state index is 0.121. The average Bonchev–Trinajstić information content (AvgIpc) is 3.11. The van der Waals surface area contributed by atoms with Crippen LogP contribution in [0.15, 0.2) is 65.8 Å². The molecule has 2 aliphatic rings. The molecule has 5 rings (SSSR count). The molecule has 2 N–H and O–H groups in total. The van der Waals surface area contributed by atoms with Gasteiger partial charge in [0.15, 0.2) is 0 Å². The topological polar surface area (TPSA) is 51.8 Å². The zero-order valence-corrected chi connectivity index (χ0v) is 16.8. The Kier molecular flexibility index (Phi) is 4.33. The Morgan fingerprint density at radius 1 is 0.964 bits per heavy atom. The molecular formula is C24H23N3S. The number of hydrogen-bond acceptors (Lipinski definition) is 4. The summed E-state index contributed by atoms with van der Waals surface area (Å²) in [5.41, 5.74) is 14.7. The van der Waals surface area contributed by atoms with Crippen LogP contribution < -0.4 is 5.73 Å². The summed E-state index contributed by atoms with van der Waals surface area (Å²) >= 11 is 1.64. The van der Waals surface area contributed by atoms with Gasteiger partial charge in [-0.25, -0.2) is 4.98 Å². The molecule has 0 aliphatic heterocycles. The molecule has 0 unspecified atom stereocenters. The van der Waals surface area contributed by atoms with Crippen molar-refractivity contribution >= 4 is 22.9 Å². The minimum Gasteiger partial charge on any atom is -0.321 e. The number of thioether (sulfide) groups is 1. The van der Waals surface area contributed by atoms with Crippen molar-refractivity contribution in [3.8, 4) is 0 Å². The Morgan fingerprint density at radius 3 is 2.36 bits per heavy atom. The molecule has 1 aromatic heterocycles. The van der Waals surface area contributed by atoms with E-state index in [0.717, 1.165) is 35.7 Å². The van der Waals surface area contributed by atoms with Gasteiger partial charge in [-0.1, -0.05) is 54.6 Å². The number of aromatic nitrogens is 2. The van der Waals surface area contributed by atoms with E-state index in [9.17, 15) is 0 Å². The Morgan fingerprint density at radius 2 is 1.71 bits per heavy atom. The highest BCUT2D eigenvalue weighted by atomic mass is 32.2. The number of nitrogens with zero attached hydrogens (tertiary/aromatic N) is 2. The lowest BCUT2D eigenvalue weighted by molar-refractivity contribution is 0.253. The molecule has 0 bridgehead atoms. The van der Waals surface area contributed by atoms with E-state index in [0.29, 0.717) is 0 Å². The zero-order valence-electron chi connectivity index (χ0n) is 16.0. The normalized spacial score (nSPS) is 17.4. The molecule has 140 valence electrons. The minimum atomic E-state index is -0.121. The van der Waals surface area contributed by atoms with Crippen molar-refractivity contribution in [2.24, 2.45) is 5.73 Å². The molecule has 4 heteroatoms. The zero-order chi connectivity index (χ0) is 19.1. The molecule has 2 aromatic carbocycles. The third kappa shape index (κ3) is 2.88. The van der Waals surface area contributed by atoms with Crippen molar-refractivity contribution in [2.45, 2.75) is 36.2 Å². The molecule has 0 amide bonds. The maximum atomic E-state index is 6.51. The second-order valence-corrected chi connectivity index (χ2v) is 8.52. The van der Waals surface area contributed by atoms with Crippen LogP contribution in [0.5, 0.6) is 0 Å². The molecule has 28 heavy (non-hydrogen) atoms. The fourth-order valence-corrected chi connectivity index (χ4v) is 4.61. The van der Waals surface area contributed by atoms with Gasteiger partial charge in [0.2, 0.25) is 0 Å². The van der Waals surface area contributed by atoms with Crippen molar-refractivity contribution in [2.75, 3.05) is 6.26 Å². The fraction of sp³-hybridized carbons (Fsp3) is 0.250. The van der Waals surface area contributed by atoms with E-state index in [2.05, 4.69) is 54.6 Å². The standard InChI is InChI=1S/C24H23N3S/c1-28-21-15-26-23-20(27-21)14-19(22(23)17-6-3-2-4-7-17)16-8-10-18(11-9-16)24(25)12-5-13-24/h2-4,6-11,15H,5,12-14,25H2,1H3. The molecule has 0 saturated heterocycles. The third-order valence-electron chi connectivity index (χ3n) is 6.03. The fourth-order valence-electron chi connectivity index (χ4n) is 4.25. The van der Waals surface area contributed by atoms with E-state index in [4.69, 9.17) is 15.7 Å². The van der Waals surface area contributed by atoms with Crippen LogP contribution in [0.3, 0.4) is 0 Å². The number of benzene rings is 2. The van der Waals surface area contributed by atoms with Crippen molar-refractivity contribution < 1.29 is 0 Å². The van der Waals surface area contributed by atoms with Gasteiger partial charge < -0.3 is 5.73 Å². The van der Waals surface area contributed by atoms with Crippen LogP contribution in [0.25, 0.3) is 11.1 Å². The molecule has 0 atom stereocenters. The molecule has 1 saturated carbocycles. The lowest BCUT2D eigenvalue weighted by atomic mass is 9.72. The summed E-state index contributed by atoms with van der Waals surface area (Å²) in [6.07, 6.45) is 8.13. The van der Waals surface area contributed by atoms with Gasteiger partial charge in [-0.3, -0.25) is 4.98 Å². The Hall–Kier alpha value is -2.43. The average molecular weight is 386 g/mol. The van der Waals surface area contributed by atoms with E-state index < -0.39 is 0 Å². The van der Waals surface area contributed by atoms with Gasteiger partial charge in [0, 0.05) is 17.5 Å². The van der Waals surface area contributed by atoms with E-state index >= 15 is 0 Å². The van der Waals surface area contributed by atoms with Crippen molar-refractivity contribution in [3.05, 3.63) is 88.9 Å². The van der Waals surface area contributed by atoms with E-state index in [1.165, 1.54) is 34.3 Å². The van der Waals surface area contributed by atoms with Gasteiger partial charge in [0.25, 0.3) is 0 Å². The lowest BCUT2D eigenvalue weighted by Gasteiger charge is -2.38. The maximum absolute atomic E-state index is 6.51. The lowest BCUT2D eigenvalue weighted by Crippen LogP contribution is -2.43. The van der Waals surface area contributed by atoms with E-state index in [1.54, 1.807) is 11.8 Å². The second-order valence-electron chi connectivity index (χ2n) is 7.69. The number of nitrogens with two attached hydrogens (primary N) is 1. The number of hydrogen-bond donors (Lipinski definition) is 1. The summed E-state index contributed by atoms with van der Waals surface area (Å²) < 4.78 is 0. The summed E-state index contributed by atoms with van der Waals surface area (Å²) in [6.45, 7) is 0. The summed E-state index contributed by atoms with van der Waals surface area (Å²) in [5.74, 6) is 0. The van der Waals surface area contributed by atoms with Gasteiger partial charge in [-0.15, -0.1) is 11.8 Å². The predicted molar refractivity (Wildman–Crippen MR) is 116 cm³/mol. The molecule has 0 radical (unpaired) electrons. The second kappa shape index (κ2) is 6.87. The third-order valence-corrected chi connectivity index (χ3v) is 6.65. The van der Waals surface area contributed by atoms with Crippen LogP contribution in [0.1, 0.15) is 47.3 Å². The van der Waals surface area contributed by atoms with Crippen LogP contribution in [-0.4, -0.2) is 16.2 Å². The van der Waals surface area contributed by atoms with Crippen LogP contribution in [0.2, 0.25) is 0 Å². The van der Waals surface area contributed by atoms with Gasteiger partial charge in [-0.2, -0.15) is 0 Å². The van der Waals surface area contributed by atoms with Crippen LogP contribution >= 0.6 is 11.8 Å². The molecule has 3 aromatic rings. The Bertz CT molecular complexity index is 1050. The molecular weight excluding hydrogens is 362 g/mol. The van der Waals surface area contributed by atoms with Crippen LogP contribution in [-0.2, 0) is 12.0 Å². The first-order valence-electron chi connectivity index (χ1n) is 9.77. The van der Waals surface area contributed by atoms with E-state index in [-0.39, 0.29) is 5.54 Å². The van der Waals surface area contributed by atoms with Crippen LogP contribution in [0.4, 0.5) is 0 Å². The van der Waals surface area contributed by atoms with E-state index in [1.807, 2.05) is 12.5 Å². The predicted octanol–water partition coefficient (Wildman–Crippen LogP) is 5.05. The number of allylic oxidation sites excluding steroid dienone is 1. The Balaban J connectivity index is 1.61. The number of rotatable bonds is 4. The molecule has 0 spiro atoms. The molecule has 1 heterocycles. The maximum Gasteiger partial charge on any atom is 0.114 e. The number of fused-ring (bicyclic) bond motifs is 1. The summed E-state index contributed by atoms with van der Waals surface area (Å²) in [7, 11) is 0. The van der Waals surface area contributed by atoms with Crippen LogP contribution in [0, 0.1) is 0 Å². The molecule has 3 nitrogen and oxygen atoms in total. The summed E-state index contributed by atoms with van der Waals surface area (Å²) in [4.78, 5) is 9.62. The SMILES string of the molecule is CSc1cnc2c(n1)CC(c1ccc(C3(N)CCC3)cc1)=C2c1ccccc1. The highest BCUT2D eigenvalue weighted by molar-refractivity contribution is 7.98. The van der Waals surface area contributed by atoms with Crippen molar-refractivity contribution in [3.63, 3.8) is 0 Å². The largest absolute Gasteiger partial charge is 0.321 e. The summed E-state index contributed by atoms with van der Waals surface area (Å²) in [6, 6.07) is 19.4. The first-order chi connectivity index (χ1) is 13.7. The summed E-state index contributed by atoms with van der Waals surface area (Å²) in [5, 5.41) is 0.970. The van der Waals surface area contributed by atoms with Gasteiger partial charge in [-0.05, 0) is 47.8 Å². The van der Waals surface area contributed by atoms with Crippen molar-refractivity contribution in [1.82, 2.24) is 9.97 Å². The smallest absolute Gasteiger partial charge is 0.114 e. The Labute approximate surface area is 170 Å². The molecule has 2 aliphatic carbocycles. The van der Waals surface area contributed by atoms with Gasteiger partial charge in [0.05, 0.1) is 17.6 Å². The van der Waals surface area contributed by atoms with Crippen molar-refractivity contribution in [1.29, 1.82) is 0 Å². The highest BCUT2D eigenvalue weighted by Crippen LogP contribution is 2.42.